The van der Waals surface area contributed by atoms with Crippen molar-refractivity contribution in [1.82, 2.24) is 9.62 Å². The van der Waals surface area contributed by atoms with Gasteiger partial charge in [-0.05, 0) is 61.4 Å². The van der Waals surface area contributed by atoms with Crippen molar-refractivity contribution in [2.24, 2.45) is 0 Å². The lowest BCUT2D eigenvalue weighted by Gasteiger charge is -2.38. The van der Waals surface area contributed by atoms with Crippen LogP contribution >= 0.6 is 0 Å². The van der Waals surface area contributed by atoms with E-state index in [0.717, 1.165) is 17.7 Å². The first-order chi connectivity index (χ1) is 18.6. The van der Waals surface area contributed by atoms with Crippen molar-refractivity contribution in [3.8, 4) is 5.75 Å². The van der Waals surface area contributed by atoms with E-state index in [-0.39, 0.29) is 24.4 Å². The summed E-state index contributed by atoms with van der Waals surface area (Å²) in [5.74, 6) is 0.143. The van der Waals surface area contributed by atoms with Crippen LogP contribution in [0.3, 0.4) is 0 Å². The average molecular weight is 562 g/mol. The largest absolute Gasteiger partial charge is 0.494 e. The van der Waals surface area contributed by atoms with Gasteiger partial charge in [-0.25, -0.2) is 8.42 Å². The Hall–Kier alpha value is -3.57. The van der Waals surface area contributed by atoms with Crippen molar-refractivity contribution in [3.05, 3.63) is 90.0 Å². The van der Waals surface area contributed by atoms with Gasteiger partial charge in [-0.1, -0.05) is 36.4 Å². The van der Waals surface area contributed by atoms with Crippen LogP contribution in [0.5, 0.6) is 5.75 Å². The highest BCUT2D eigenvalue weighted by molar-refractivity contribution is 7.89. The number of nitrogens with one attached hydrogen (secondary N) is 1. The molecular weight excluding hydrogens is 531 g/mol. The monoisotopic (exact) mass is 561 g/mol. The van der Waals surface area contributed by atoms with E-state index in [1.807, 2.05) is 37.3 Å². The van der Waals surface area contributed by atoms with Gasteiger partial charge in [-0.2, -0.15) is 17.9 Å². The van der Waals surface area contributed by atoms with Gasteiger partial charge in [0.05, 0.1) is 17.1 Å². The van der Waals surface area contributed by atoms with Crippen molar-refractivity contribution >= 4 is 21.6 Å². The minimum absolute atomic E-state index is 0.00572. The molecule has 1 atom stereocenters. The summed E-state index contributed by atoms with van der Waals surface area (Å²) in [7, 11) is -4.04. The Labute approximate surface area is 226 Å². The third kappa shape index (κ3) is 7.30. The Morgan fingerprint density at radius 2 is 1.62 bits per heavy atom. The Kier molecular flexibility index (Phi) is 8.81. The molecule has 3 aromatic carbocycles. The SMILES string of the molecule is CCOc1ccc(S(=O)(=O)N[C@H](Cc2ccccc2)C(=O)N2CCN(c3cccc(C(F)(F)F)c3)CC2)cc1. The molecule has 208 valence electrons. The van der Waals surface area contributed by atoms with Crippen molar-refractivity contribution in [1.29, 1.82) is 0 Å². The zero-order valence-electron chi connectivity index (χ0n) is 21.4. The zero-order valence-corrected chi connectivity index (χ0v) is 22.2. The summed E-state index contributed by atoms with van der Waals surface area (Å²) in [6.07, 6.45) is -4.30. The second kappa shape index (κ2) is 12.1. The van der Waals surface area contributed by atoms with Crippen LogP contribution in [0.2, 0.25) is 0 Å². The summed E-state index contributed by atoms with van der Waals surface area (Å²) in [5.41, 5.74) is 0.479. The highest BCUT2D eigenvalue weighted by atomic mass is 32.2. The van der Waals surface area contributed by atoms with Gasteiger partial charge in [-0.15, -0.1) is 0 Å². The number of ether oxygens (including phenoxy) is 1. The number of alkyl halides is 3. The lowest BCUT2D eigenvalue weighted by molar-refractivity contribution is -0.137. The summed E-state index contributed by atoms with van der Waals surface area (Å²) in [6.45, 7) is 3.38. The summed E-state index contributed by atoms with van der Waals surface area (Å²) in [4.78, 5) is 16.9. The third-order valence-electron chi connectivity index (χ3n) is 6.45. The fraction of sp³-hybridized carbons (Fsp3) is 0.321. The number of piperazine rings is 1. The van der Waals surface area contributed by atoms with Gasteiger partial charge in [0.1, 0.15) is 11.8 Å². The maximum Gasteiger partial charge on any atom is 0.416 e. The first-order valence-electron chi connectivity index (χ1n) is 12.6. The Bertz CT molecular complexity index is 1360. The van der Waals surface area contributed by atoms with Crippen molar-refractivity contribution in [3.63, 3.8) is 0 Å². The van der Waals surface area contributed by atoms with Crippen LogP contribution in [0.15, 0.2) is 83.8 Å². The molecule has 7 nitrogen and oxygen atoms in total. The van der Waals surface area contributed by atoms with Crippen LogP contribution in [0.4, 0.5) is 18.9 Å². The normalized spacial score (nSPS) is 15.2. The molecule has 3 aromatic rings. The molecule has 0 aliphatic carbocycles. The molecule has 39 heavy (non-hydrogen) atoms. The van der Waals surface area contributed by atoms with Gasteiger partial charge in [0, 0.05) is 31.9 Å². The number of hydrogen-bond acceptors (Lipinski definition) is 5. The van der Waals surface area contributed by atoms with Crippen molar-refractivity contribution in [2.75, 3.05) is 37.7 Å². The topological polar surface area (TPSA) is 78.9 Å². The molecule has 1 aliphatic heterocycles. The van der Waals surface area contributed by atoms with Crippen molar-refractivity contribution < 1.29 is 31.1 Å². The number of hydrogen-bond donors (Lipinski definition) is 1. The molecule has 1 fully saturated rings. The average Bonchev–Trinajstić information content (AvgIpc) is 2.93. The zero-order chi connectivity index (χ0) is 28.0. The highest BCUT2D eigenvalue weighted by Crippen LogP contribution is 2.32. The van der Waals surface area contributed by atoms with E-state index in [9.17, 15) is 26.4 Å². The van der Waals surface area contributed by atoms with E-state index in [0.29, 0.717) is 31.1 Å². The molecule has 0 radical (unpaired) electrons. The Morgan fingerprint density at radius 1 is 0.949 bits per heavy atom. The smallest absolute Gasteiger partial charge is 0.416 e. The van der Waals surface area contributed by atoms with Gasteiger partial charge >= 0.3 is 6.18 Å². The first kappa shape index (κ1) is 28.4. The number of sulfonamides is 1. The van der Waals surface area contributed by atoms with Crippen LogP contribution in [-0.2, 0) is 27.4 Å². The first-order valence-corrected chi connectivity index (χ1v) is 14.1. The third-order valence-corrected chi connectivity index (χ3v) is 7.94. The number of rotatable bonds is 9. The second-order valence-electron chi connectivity index (χ2n) is 9.13. The van der Waals surface area contributed by atoms with Gasteiger partial charge in [-0.3, -0.25) is 4.79 Å². The molecule has 1 N–H and O–H groups in total. The molecule has 0 unspecified atom stereocenters. The summed E-state index contributed by atoms with van der Waals surface area (Å²) in [6, 6.07) is 19.1. The van der Waals surface area contributed by atoms with E-state index in [2.05, 4.69) is 4.72 Å². The number of carbonyl (C=O) groups is 1. The molecule has 1 heterocycles. The van der Waals surface area contributed by atoms with Gasteiger partial charge in [0.2, 0.25) is 15.9 Å². The fourth-order valence-electron chi connectivity index (χ4n) is 4.45. The molecule has 0 aromatic heterocycles. The van der Waals surface area contributed by atoms with E-state index in [4.69, 9.17) is 4.74 Å². The van der Waals surface area contributed by atoms with Crippen LogP contribution in [0.1, 0.15) is 18.1 Å². The highest BCUT2D eigenvalue weighted by Gasteiger charge is 2.33. The molecule has 0 spiro atoms. The molecule has 0 saturated carbocycles. The van der Waals surface area contributed by atoms with E-state index < -0.39 is 33.7 Å². The van der Waals surface area contributed by atoms with Crippen molar-refractivity contribution in [2.45, 2.75) is 30.5 Å². The standard InChI is InChI=1S/C28H30F3N3O4S/c1-2-38-24-11-13-25(14-12-24)39(36,37)32-26(19-21-7-4-3-5-8-21)27(35)34-17-15-33(16-18-34)23-10-6-9-22(20-23)28(29,30)31/h3-14,20,26,32H,2,15-19H2,1H3/t26-/m1/s1. The van der Waals surface area contributed by atoms with E-state index in [1.165, 1.54) is 18.2 Å². The van der Waals surface area contributed by atoms with Crippen LogP contribution in [0, 0.1) is 0 Å². The van der Waals surface area contributed by atoms with Crippen LogP contribution in [-0.4, -0.2) is 58.1 Å². The molecule has 1 aliphatic rings. The number of anilines is 1. The summed E-state index contributed by atoms with van der Waals surface area (Å²) >= 11 is 0. The van der Waals surface area contributed by atoms with Gasteiger partial charge < -0.3 is 14.5 Å². The molecule has 11 heteroatoms. The predicted molar refractivity (Wildman–Crippen MR) is 142 cm³/mol. The maximum absolute atomic E-state index is 13.6. The molecule has 1 saturated heterocycles. The predicted octanol–water partition coefficient (Wildman–Crippen LogP) is 4.34. The summed E-state index contributed by atoms with van der Waals surface area (Å²) in [5, 5.41) is 0. The molecular formula is C28H30F3N3O4S. The quantitative estimate of drug-likeness (QED) is 0.421. The van der Waals surface area contributed by atoms with Gasteiger partial charge in [0.25, 0.3) is 0 Å². The van der Waals surface area contributed by atoms with Crippen LogP contribution in [0.25, 0.3) is 0 Å². The number of halogens is 3. The fourth-order valence-corrected chi connectivity index (χ4v) is 5.64. The number of nitrogens with zero attached hydrogens (tertiary/aromatic N) is 2. The van der Waals surface area contributed by atoms with E-state index in [1.54, 1.807) is 28.0 Å². The van der Waals surface area contributed by atoms with Gasteiger partial charge in [0.15, 0.2) is 0 Å². The number of amides is 1. The number of benzene rings is 3. The molecule has 1 amide bonds. The maximum atomic E-state index is 13.6. The Balaban J connectivity index is 1.49. The minimum atomic E-state index is -4.45. The Morgan fingerprint density at radius 3 is 2.23 bits per heavy atom. The minimum Gasteiger partial charge on any atom is -0.494 e. The molecule has 0 bridgehead atoms. The number of carbonyl (C=O) groups excluding carboxylic acids is 1. The second-order valence-corrected chi connectivity index (χ2v) is 10.8. The molecule has 4 rings (SSSR count). The summed E-state index contributed by atoms with van der Waals surface area (Å²) < 4.78 is 73.8. The lowest BCUT2D eigenvalue weighted by Crippen LogP contribution is -2.55. The van der Waals surface area contributed by atoms with E-state index >= 15 is 0 Å². The van der Waals surface area contributed by atoms with Crippen LogP contribution < -0.4 is 14.4 Å². The lowest BCUT2D eigenvalue weighted by atomic mass is 10.1.